The maximum absolute atomic E-state index is 8.96. The highest BCUT2D eigenvalue weighted by Gasteiger charge is 2.05. The SMILES string of the molecule is N#Cc1cc(Br)cc(Oc2ccccc2C#N)c1. The number of nitriles is 2. The van der Waals surface area contributed by atoms with Gasteiger partial charge in [0, 0.05) is 4.47 Å². The van der Waals surface area contributed by atoms with Gasteiger partial charge in [-0.2, -0.15) is 10.5 Å². The van der Waals surface area contributed by atoms with Crippen molar-refractivity contribution < 1.29 is 4.74 Å². The summed E-state index contributed by atoms with van der Waals surface area (Å²) in [5.41, 5.74) is 0.949. The molecular formula is C14H7BrN2O. The topological polar surface area (TPSA) is 56.8 Å². The summed E-state index contributed by atoms with van der Waals surface area (Å²) in [6, 6.07) is 16.1. The lowest BCUT2D eigenvalue weighted by atomic mass is 10.2. The molecule has 2 aromatic carbocycles. The van der Waals surface area contributed by atoms with Crippen molar-refractivity contribution in [2.45, 2.75) is 0 Å². The van der Waals surface area contributed by atoms with Crippen LogP contribution in [0.15, 0.2) is 46.9 Å². The number of benzene rings is 2. The predicted molar refractivity (Wildman–Crippen MR) is 70.1 cm³/mol. The Morgan fingerprint density at radius 1 is 1.00 bits per heavy atom. The van der Waals surface area contributed by atoms with Crippen LogP contribution in [0.3, 0.4) is 0 Å². The minimum absolute atomic E-state index is 0.455. The maximum atomic E-state index is 8.96. The van der Waals surface area contributed by atoms with E-state index in [-0.39, 0.29) is 0 Å². The summed E-state index contributed by atoms with van der Waals surface area (Å²) in [6.07, 6.45) is 0. The van der Waals surface area contributed by atoms with Gasteiger partial charge in [-0.1, -0.05) is 28.1 Å². The molecule has 0 aliphatic rings. The van der Waals surface area contributed by atoms with Crippen molar-refractivity contribution in [3.63, 3.8) is 0 Å². The van der Waals surface area contributed by atoms with Gasteiger partial charge in [-0.3, -0.25) is 0 Å². The number of nitrogens with zero attached hydrogens (tertiary/aromatic N) is 2. The fourth-order valence-corrected chi connectivity index (χ4v) is 1.93. The number of rotatable bonds is 2. The van der Waals surface area contributed by atoms with Crippen LogP contribution < -0.4 is 4.74 Å². The maximum Gasteiger partial charge on any atom is 0.145 e. The Balaban J connectivity index is 2.38. The lowest BCUT2D eigenvalue weighted by Gasteiger charge is -2.07. The first-order chi connectivity index (χ1) is 8.72. The molecule has 0 fully saturated rings. The minimum atomic E-state index is 0.455. The van der Waals surface area contributed by atoms with E-state index in [1.165, 1.54) is 0 Å². The highest BCUT2D eigenvalue weighted by atomic mass is 79.9. The Bertz CT molecular complexity index is 668. The molecule has 4 heteroatoms. The average Bonchev–Trinajstić information content (AvgIpc) is 2.38. The van der Waals surface area contributed by atoms with Gasteiger partial charge < -0.3 is 4.74 Å². The second-order valence-corrected chi connectivity index (χ2v) is 4.41. The minimum Gasteiger partial charge on any atom is -0.456 e. The smallest absolute Gasteiger partial charge is 0.145 e. The van der Waals surface area contributed by atoms with E-state index in [9.17, 15) is 0 Å². The van der Waals surface area contributed by atoms with E-state index in [0.29, 0.717) is 22.6 Å². The molecule has 0 spiro atoms. The summed E-state index contributed by atoms with van der Waals surface area (Å²) in [5.74, 6) is 0.991. The standard InChI is InChI=1S/C14H7BrN2O/c15-12-5-10(8-16)6-13(7-12)18-14-4-2-1-3-11(14)9-17/h1-7H. The van der Waals surface area contributed by atoms with E-state index in [1.807, 2.05) is 6.07 Å². The van der Waals surface area contributed by atoms with E-state index in [0.717, 1.165) is 4.47 Å². The van der Waals surface area contributed by atoms with Gasteiger partial charge in [0.1, 0.15) is 17.6 Å². The first-order valence-corrected chi connectivity index (χ1v) is 5.90. The van der Waals surface area contributed by atoms with Gasteiger partial charge in [0.15, 0.2) is 0 Å². The summed E-state index contributed by atoms with van der Waals surface area (Å²) in [4.78, 5) is 0. The summed E-state index contributed by atoms with van der Waals surface area (Å²) in [6.45, 7) is 0. The molecule has 2 rings (SSSR count). The fourth-order valence-electron chi connectivity index (χ4n) is 1.46. The highest BCUT2D eigenvalue weighted by molar-refractivity contribution is 9.10. The van der Waals surface area contributed by atoms with E-state index in [1.54, 1.807) is 42.5 Å². The number of hydrogen-bond donors (Lipinski definition) is 0. The lowest BCUT2D eigenvalue weighted by molar-refractivity contribution is 0.480. The largest absolute Gasteiger partial charge is 0.456 e. The Morgan fingerprint density at radius 3 is 2.50 bits per heavy atom. The van der Waals surface area contributed by atoms with Gasteiger partial charge in [0.25, 0.3) is 0 Å². The van der Waals surface area contributed by atoms with E-state index in [2.05, 4.69) is 22.0 Å². The Morgan fingerprint density at radius 2 is 1.78 bits per heavy atom. The van der Waals surface area contributed by atoms with E-state index < -0.39 is 0 Å². The van der Waals surface area contributed by atoms with Crippen molar-refractivity contribution in [2.24, 2.45) is 0 Å². The van der Waals surface area contributed by atoms with Crippen LogP contribution in [0.1, 0.15) is 11.1 Å². The van der Waals surface area contributed by atoms with Gasteiger partial charge in [0.05, 0.1) is 17.2 Å². The molecule has 0 saturated carbocycles. The monoisotopic (exact) mass is 298 g/mol. The third kappa shape index (κ3) is 2.68. The third-order valence-corrected chi connectivity index (χ3v) is 2.69. The molecule has 0 aromatic heterocycles. The van der Waals surface area contributed by atoms with Crippen LogP contribution >= 0.6 is 15.9 Å². The zero-order valence-electron chi connectivity index (χ0n) is 9.22. The first kappa shape index (κ1) is 12.2. The van der Waals surface area contributed by atoms with Crippen molar-refractivity contribution in [1.82, 2.24) is 0 Å². The summed E-state index contributed by atoms with van der Waals surface area (Å²) < 4.78 is 6.38. The molecule has 0 radical (unpaired) electrons. The normalized spacial score (nSPS) is 9.28. The van der Waals surface area contributed by atoms with Gasteiger partial charge in [-0.25, -0.2) is 0 Å². The van der Waals surface area contributed by atoms with Crippen molar-refractivity contribution in [2.75, 3.05) is 0 Å². The van der Waals surface area contributed by atoms with Crippen molar-refractivity contribution >= 4 is 15.9 Å². The quantitative estimate of drug-likeness (QED) is 0.842. The van der Waals surface area contributed by atoms with Crippen LogP contribution in [0.5, 0.6) is 11.5 Å². The molecule has 0 saturated heterocycles. The second-order valence-electron chi connectivity index (χ2n) is 3.50. The Hall–Kier alpha value is -2.30. The summed E-state index contributed by atoms with van der Waals surface area (Å²) in [5, 5.41) is 17.8. The number of hydrogen-bond acceptors (Lipinski definition) is 3. The molecule has 86 valence electrons. The average molecular weight is 299 g/mol. The molecule has 0 unspecified atom stereocenters. The van der Waals surface area contributed by atoms with Crippen LogP contribution in [0, 0.1) is 22.7 Å². The Kier molecular flexibility index (Phi) is 3.62. The summed E-state index contributed by atoms with van der Waals surface area (Å²) >= 11 is 3.31. The van der Waals surface area contributed by atoms with E-state index >= 15 is 0 Å². The van der Waals surface area contributed by atoms with Crippen molar-refractivity contribution in [1.29, 1.82) is 10.5 Å². The van der Waals surface area contributed by atoms with E-state index in [4.69, 9.17) is 15.3 Å². The molecule has 3 nitrogen and oxygen atoms in total. The molecule has 0 bridgehead atoms. The van der Waals surface area contributed by atoms with Crippen LogP contribution in [-0.2, 0) is 0 Å². The van der Waals surface area contributed by atoms with Crippen molar-refractivity contribution in [3.8, 4) is 23.6 Å². The molecule has 0 N–H and O–H groups in total. The zero-order valence-corrected chi connectivity index (χ0v) is 10.8. The third-order valence-electron chi connectivity index (χ3n) is 2.24. The van der Waals surface area contributed by atoms with Crippen LogP contribution in [-0.4, -0.2) is 0 Å². The predicted octanol–water partition coefficient (Wildman–Crippen LogP) is 3.98. The number of halogens is 1. The molecule has 2 aromatic rings. The second kappa shape index (κ2) is 5.35. The van der Waals surface area contributed by atoms with Crippen molar-refractivity contribution in [3.05, 3.63) is 58.1 Å². The van der Waals surface area contributed by atoms with Gasteiger partial charge in [0.2, 0.25) is 0 Å². The summed E-state index contributed by atoms with van der Waals surface area (Å²) in [7, 11) is 0. The van der Waals surface area contributed by atoms with Crippen LogP contribution in [0.2, 0.25) is 0 Å². The molecule has 18 heavy (non-hydrogen) atoms. The lowest BCUT2D eigenvalue weighted by Crippen LogP contribution is -1.88. The molecule has 0 amide bonds. The fraction of sp³-hybridized carbons (Fsp3) is 0. The number of para-hydroxylation sites is 1. The number of ether oxygens (including phenoxy) is 1. The zero-order chi connectivity index (χ0) is 13.0. The molecule has 0 aliphatic heterocycles. The van der Waals surface area contributed by atoms with Gasteiger partial charge >= 0.3 is 0 Å². The first-order valence-electron chi connectivity index (χ1n) is 5.10. The molecular weight excluding hydrogens is 292 g/mol. The van der Waals surface area contributed by atoms with Gasteiger partial charge in [-0.05, 0) is 30.3 Å². The van der Waals surface area contributed by atoms with Crippen LogP contribution in [0.4, 0.5) is 0 Å². The highest BCUT2D eigenvalue weighted by Crippen LogP contribution is 2.28. The molecule has 0 aliphatic carbocycles. The van der Waals surface area contributed by atoms with Crippen LogP contribution in [0.25, 0.3) is 0 Å². The Labute approximate surface area is 113 Å². The molecule has 0 heterocycles. The van der Waals surface area contributed by atoms with Gasteiger partial charge in [-0.15, -0.1) is 0 Å². The molecule has 0 atom stereocenters.